The van der Waals surface area contributed by atoms with Gasteiger partial charge in [-0.1, -0.05) is 29.8 Å². The molecule has 0 N–H and O–H groups in total. The molecule has 0 saturated carbocycles. The van der Waals surface area contributed by atoms with Crippen molar-refractivity contribution in [3.8, 4) is 5.75 Å². The number of methoxy groups -OCH3 is 1. The number of halogens is 1. The maximum absolute atomic E-state index is 13.0. The summed E-state index contributed by atoms with van der Waals surface area (Å²) in [5.41, 5.74) is 1.34. The molecule has 0 aliphatic carbocycles. The Hall–Kier alpha value is -2.39. The molecule has 0 unspecified atom stereocenters. The summed E-state index contributed by atoms with van der Waals surface area (Å²) in [6.45, 7) is 1.37. The van der Waals surface area contributed by atoms with Crippen LogP contribution in [0, 0.1) is 0 Å². The van der Waals surface area contributed by atoms with E-state index in [1.807, 2.05) is 0 Å². The zero-order valence-corrected chi connectivity index (χ0v) is 18.0. The molecular formula is C21H22ClNO6S. The zero-order valence-electron chi connectivity index (χ0n) is 16.4. The quantitative estimate of drug-likeness (QED) is 0.475. The summed E-state index contributed by atoms with van der Waals surface area (Å²) in [5.74, 6) is -0.303. The van der Waals surface area contributed by atoms with Gasteiger partial charge in [-0.3, -0.25) is 0 Å². The number of hydrogen-bond donors (Lipinski definition) is 0. The average Bonchev–Trinajstić information content (AvgIpc) is 2.77. The topological polar surface area (TPSA) is 82.1 Å². The van der Waals surface area contributed by atoms with Gasteiger partial charge in [0.05, 0.1) is 20.3 Å². The normalized spacial score (nSPS) is 15.3. The monoisotopic (exact) mass is 451 g/mol. The fourth-order valence-electron chi connectivity index (χ4n) is 2.87. The second-order valence-corrected chi connectivity index (χ2v) is 8.84. The molecule has 3 rings (SSSR count). The summed E-state index contributed by atoms with van der Waals surface area (Å²) in [6, 6.07) is 11.7. The minimum Gasteiger partial charge on any atom is -0.495 e. The van der Waals surface area contributed by atoms with Gasteiger partial charge in [0, 0.05) is 24.2 Å². The number of carbonyl (C=O) groups is 1. The molecule has 9 heteroatoms. The van der Waals surface area contributed by atoms with Gasteiger partial charge >= 0.3 is 5.97 Å². The highest BCUT2D eigenvalue weighted by Crippen LogP contribution is 2.28. The van der Waals surface area contributed by atoms with Crippen LogP contribution in [0.2, 0.25) is 5.02 Å². The van der Waals surface area contributed by atoms with Gasteiger partial charge in [-0.05, 0) is 41.5 Å². The van der Waals surface area contributed by atoms with Crippen LogP contribution >= 0.6 is 11.6 Å². The van der Waals surface area contributed by atoms with E-state index in [0.717, 1.165) is 5.56 Å². The molecule has 1 heterocycles. The molecule has 1 saturated heterocycles. The van der Waals surface area contributed by atoms with Crippen LogP contribution in [0.25, 0.3) is 6.08 Å². The van der Waals surface area contributed by atoms with E-state index in [9.17, 15) is 13.2 Å². The number of sulfonamides is 1. The smallest absolute Gasteiger partial charge is 0.331 e. The molecule has 2 aromatic rings. The Balaban J connectivity index is 1.72. The number of esters is 1. The Kier molecular flexibility index (Phi) is 7.49. The average molecular weight is 452 g/mol. The summed E-state index contributed by atoms with van der Waals surface area (Å²) < 4.78 is 43.0. The summed E-state index contributed by atoms with van der Waals surface area (Å²) in [6.07, 6.45) is 2.75. The van der Waals surface area contributed by atoms with E-state index < -0.39 is 16.0 Å². The van der Waals surface area contributed by atoms with E-state index in [1.165, 1.54) is 29.6 Å². The van der Waals surface area contributed by atoms with Crippen LogP contribution in [0.5, 0.6) is 5.75 Å². The van der Waals surface area contributed by atoms with Gasteiger partial charge in [0.25, 0.3) is 0 Å². The molecule has 160 valence electrons. The largest absolute Gasteiger partial charge is 0.495 e. The number of nitrogens with zero attached hydrogens (tertiary/aromatic N) is 1. The first kappa shape index (κ1) is 22.3. The van der Waals surface area contributed by atoms with Crippen molar-refractivity contribution in [2.45, 2.75) is 11.5 Å². The second-order valence-electron chi connectivity index (χ2n) is 6.49. The third-order valence-corrected chi connectivity index (χ3v) is 6.65. The summed E-state index contributed by atoms with van der Waals surface area (Å²) in [5, 5.41) is 0.604. The standard InChI is InChI=1S/C21H22ClNO6S/c1-27-19-8-4-16(14-20(19)30(25,26)23-10-12-28-13-11-23)5-9-21(24)29-15-17-2-6-18(22)7-3-17/h2-9,14H,10-13,15H2,1H3/b9-5+. The molecule has 0 atom stereocenters. The van der Waals surface area contributed by atoms with Gasteiger partial charge in [0.1, 0.15) is 17.3 Å². The van der Waals surface area contributed by atoms with Gasteiger partial charge in [-0.15, -0.1) is 0 Å². The first-order chi connectivity index (χ1) is 14.4. The van der Waals surface area contributed by atoms with E-state index in [4.69, 9.17) is 25.8 Å². The number of hydrogen-bond acceptors (Lipinski definition) is 6. The molecule has 1 aliphatic heterocycles. The first-order valence-corrected chi connectivity index (χ1v) is 11.1. The number of carbonyl (C=O) groups excluding carboxylic acids is 1. The van der Waals surface area contributed by atoms with Crippen molar-refractivity contribution in [1.29, 1.82) is 0 Å². The molecule has 1 fully saturated rings. The first-order valence-electron chi connectivity index (χ1n) is 9.25. The molecule has 30 heavy (non-hydrogen) atoms. The highest BCUT2D eigenvalue weighted by Gasteiger charge is 2.29. The number of ether oxygens (including phenoxy) is 3. The summed E-state index contributed by atoms with van der Waals surface area (Å²) in [4.78, 5) is 12.1. The predicted octanol–water partition coefficient (Wildman–Crippen LogP) is 3.13. The lowest BCUT2D eigenvalue weighted by atomic mass is 10.2. The van der Waals surface area contributed by atoms with Gasteiger partial charge < -0.3 is 14.2 Å². The zero-order chi connectivity index (χ0) is 21.6. The van der Waals surface area contributed by atoms with Crippen LogP contribution in [-0.4, -0.2) is 52.1 Å². The van der Waals surface area contributed by atoms with Gasteiger partial charge in [-0.2, -0.15) is 4.31 Å². The number of benzene rings is 2. The lowest BCUT2D eigenvalue weighted by Gasteiger charge is -2.26. The molecule has 0 radical (unpaired) electrons. The lowest BCUT2D eigenvalue weighted by Crippen LogP contribution is -2.40. The molecule has 0 aromatic heterocycles. The van der Waals surface area contributed by atoms with Crippen molar-refractivity contribution < 1.29 is 27.4 Å². The lowest BCUT2D eigenvalue weighted by molar-refractivity contribution is -0.138. The van der Waals surface area contributed by atoms with Crippen LogP contribution in [0.15, 0.2) is 53.4 Å². The Bertz CT molecular complexity index is 1010. The molecule has 0 spiro atoms. The van der Waals surface area contributed by atoms with Gasteiger partial charge in [-0.25, -0.2) is 13.2 Å². The van der Waals surface area contributed by atoms with Crippen LogP contribution < -0.4 is 4.74 Å². The third kappa shape index (κ3) is 5.60. The fourth-order valence-corrected chi connectivity index (χ4v) is 4.60. The van der Waals surface area contributed by atoms with Crippen LogP contribution in [0.3, 0.4) is 0 Å². The van der Waals surface area contributed by atoms with Crippen molar-refractivity contribution in [2.75, 3.05) is 33.4 Å². The predicted molar refractivity (Wildman–Crippen MR) is 113 cm³/mol. The minimum absolute atomic E-state index is 0.0450. The SMILES string of the molecule is COc1ccc(/C=C/C(=O)OCc2ccc(Cl)cc2)cc1S(=O)(=O)N1CCOCC1. The van der Waals surface area contributed by atoms with Crippen LogP contribution in [-0.2, 0) is 30.9 Å². The molecule has 2 aromatic carbocycles. The minimum atomic E-state index is -3.75. The third-order valence-electron chi connectivity index (χ3n) is 4.48. The van der Waals surface area contributed by atoms with Gasteiger partial charge in [0.15, 0.2) is 0 Å². The fraction of sp³-hybridized carbons (Fsp3) is 0.286. The number of rotatable bonds is 7. The number of morpholine rings is 1. The highest BCUT2D eigenvalue weighted by atomic mass is 35.5. The van der Waals surface area contributed by atoms with Crippen molar-refractivity contribution >= 4 is 33.7 Å². The van der Waals surface area contributed by atoms with Crippen LogP contribution in [0.4, 0.5) is 0 Å². The van der Waals surface area contributed by atoms with Crippen molar-refractivity contribution in [2.24, 2.45) is 0 Å². The van der Waals surface area contributed by atoms with E-state index in [-0.39, 0.29) is 30.3 Å². The molecule has 1 aliphatic rings. The van der Waals surface area contributed by atoms with Crippen molar-refractivity contribution in [3.05, 3.63) is 64.7 Å². The van der Waals surface area contributed by atoms with Crippen LogP contribution in [0.1, 0.15) is 11.1 Å². The van der Waals surface area contributed by atoms with Crippen molar-refractivity contribution in [1.82, 2.24) is 4.31 Å². The Labute approximate surface area is 180 Å². The Morgan fingerprint density at radius 1 is 1.17 bits per heavy atom. The molecule has 0 bridgehead atoms. The molecule has 0 amide bonds. The van der Waals surface area contributed by atoms with Crippen molar-refractivity contribution in [3.63, 3.8) is 0 Å². The maximum Gasteiger partial charge on any atom is 0.331 e. The molecular weight excluding hydrogens is 430 g/mol. The summed E-state index contributed by atoms with van der Waals surface area (Å²) in [7, 11) is -2.33. The van der Waals surface area contributed by atoms with E-state index in [1.54, 1.807) is 36.4 Å². The maximum atomic E-state index is 13.0. The van der Waals surface area contributed by atoms with E-state index >= 15 is 0 Å². The Morgan fingerprint density at radius 2 is 1.87 bits per heavy atom. The van der Waals surface area contributed by atoms with E-state index in [0.29, 0.717) is 23.8 Å². The summed E-state index contributed by atoms with van der Waals surface area (Å²) >= 11 is 5.83. The van der Waals surface area contributed by atoms with Gasteiger partial charge in [0.2, 0.25) is 10.0 Å². The Morgan fingerprint density at radius 3 is 2.53 bits per heavy atom. The molecule has 7 nitrogen and oxygen atoms in total. The highest BCUT2D eigenvalue weighted by molar-refractivity contribution is 7.89. The second kappa shape index (κ2) is 10.1. The van der Waals surface area contributed by atoms with E-state index in [2.05, 4.69) is 0 Å².